The number of aromatic nitrogens is 2. The number of hydrogen-bond donors (Lipinski definition) is 1. The minimum Gasteiger partial charge on any atom is -0.495 e. The minimum absolute atomic E-state index is 0.0266. The van der Waals surface area contributed by atoms with Crippen molar-refractivity contribution in [2.45, 2.75) is 11.8 Å². The van der Waals surface area contributed by atoms with Crippen LogP contribution in [0.2, 0.25) is 0 Å². The van der Waals surface area contributed by atoms with E-state index in [1.807, 2.05) is 0 Å². The molecule has 3 aromatic heterocycles. The Morgan fingerprint density at radius 2 is 1.91 bits per heavy atom. The zero-order valence-corrected chi connectivity index (χ0v) is 18.4. The molecule has 2 aromatic carbocycles. The van der Waals surface area contributed by atoms with Crippen molar-refractivity contribution in [2.75, 3.05) is 11.8 Å². The van der Waals surface area contributed by atoms with E-state index >= 15 is 0 Å². The van der Waals surface area contributed by atoms with Crippen LogP contribution in [-0.4, -0.2) is 25.1 Å². The van der Waals surface area contributed by atoms with Gasteiger partial charge in [0.2, 0.25) is 0 Å². The van der Waals surface area contributed by atoms with Crippen LogP contribution in [0, 0.1) is 6.92 Å². The number of methoxy groups -OCH3 is 1. The van der Waals surface area contributed by atoms with Gasteiger partial charge in [-0.2, -0.15) is 0 Å². The van der Waals surface area contributed by atoms with E-state index in [0.717, 1.165) is 5.56 Å². The maximum Gasteiger partial charge on any atom is 0.269 e. The lowest BCUT2D eigenvalue weighted by Crippen LogP contribution is -2.15. The van der Waals surface area contributed by atoms with Crippen LogP contribution in [0.3, 0.4) is 0 Å². The van der Waals surface area contributed by atoms with E-state index in [0.29, 0.717) is 16.8 Å². The van der Waals surface area contributed by atoms with Crippen molar-refractivity contribution < 1.29 is 22.0 Å². The molecule has 0 radical (unpaired) electrons. The molecule has 9 nitrogen and oxygen atoms in total. The molecule has 0 aliphatic rings. The molecule has 0 spiro atoms. The molecule has 0 unspecified atom stereocenters. The van der Waals surface area contributed by atoms with Gasteiger partial charge in [-0.3, -0.25) is 9.52 Å². The first-order valence-corrected chi connectivity index (χ1v) is 11.6. The summed E-state index contributed by atoms with van der Waals surface area (Å²) in [4.78, 5) is 12.5. The lowest BCUT2D eigenvalue weighted by molar-refractivity contribution is 0.422. The van der Waals surface area contributed by atoms with E-state index in [1.165, 1.54) is 31.0 Å². The highest BCUT2D eigenvalue weighted by molar-refractivity contribution is 7.93. The summed E-state index contributed by atoms with van der Waals surface area (Å²) in [6.07, 6.45) is 1.33. The van der Waals surface area contributed by atoms with Gasteiger partial charge in [0.05, 0.1) is 18.8 Å². The molecule has 0 saturated heterocycles. The molecular formula is C21H15N3O6S2. The number of sulfonamides is 1. The third-order valence-corrected chi connectivity index (χ3v) is 6.80. The molecule has 0 atom stereocenters. The number of nitrogens with zero attached hydrogens (tertiary/aromatic N) is 2. The number of furan rings is 1. The van der Waals surface area contributed by atoms with Crippen molar-refractivity contribution >= 4 is 49.2 Å². The van der Waals surface area contributed by atoms with Gasteiger partial charge in [-0.05, 0) is 36.7 Å². The topological polar surface area (TPSA) is 125 Å². The highest BCUT2D eigenvalue weighted by Gasteiger charge is 2.30. The molecule has 0 aliphatic heterocycles. The Labute approximate surface area is 185 Å². The highest BCUT2D eigenvalue weighted by Crippen LogP contribution is 2.40. The Morgan fingerprint density at radius 1 is 1.12 bits per heavy atom. The number of aryl methyl sites for hydroxylation is 1. The molecular weight excluding hydrogens is 454 g/mol. The van der Waals surface area contributed by atoms with Gasteiger partial charge in [0, 0.05) is 22.7 Å². The number of hydrogen-bond acceptors (Lipinski definition) is 9. The van der Waals surface area contributed by atoms with E-state index in [2.05, 4.69) is 14.3 Å². The van der Waals surface area contributed by atoms with Gasteiger partial charge in [0.1, 0.15) is 22.6 Å². The summed E-state index contributed by atoms with van der Waals surface area (Å²) in [5.74, 6) is 0.450. The van der Waals surface area contributed by atoms with Crippen molar-refractivity contribution in [3.63, 3.8) is 0 Å². The summed E-state index contributed by atoms with van der Waals surface area (Å²) in [5, 5.41) is 6.17. The Kier molecular flexibility index (Phi) is 4.72. The third-order valence-electron chi connectivity index (χ3n) is 4.89. The predicted molar refractivity (Wildman–Crippen MR) is 120 cm³/mol. The molecule has 1 N–H and O–H groups in total. The van der Waals surface area contributed by atoms with E-state index in [9.17, 15) is 13.2 Å². The Hall–Kier alpha value is -3.70. The maximum atomic E-state index is 13.5. The molecule has 0 bridgehead atoms. The first-order chi connectivity index (χ1) is 15.4. The molecule has 32 heavy (non-hydrogen) atoms. The average molecular weight is 470 g/mol. The lowest BCUT2D eigenvalue weighted by atomic mass is 10.1. The van der Waals surface area contributed by atoms with Gasteiger partial charge < -0.3 is 13.6 Å². The van der Waals surface area contributed by atoms with Crippen molar-refractivity contribution in [1.29, 1.82) is 0 Å². The van der Waals surface area contributed by atoms with Crippen molar-refractivity contribution in [2.24, 2.45) is 0 Å². The summed E-state index contributed by atoms with van der Waals surface area (Å²) in [7, 11) is -2.82. The quantitative estimate of drug-likeness (QED) is 0.407. The van der Waals surface area contributed by atoms with Gasteiger partial charge in [0.25, 0.3) is 10.0 Å². The molecule has 0 amide bonds. The number of ether oxygens (including phenoxy) is 1. The number of benzene rings is 2. The molecule has 162 valence electrons. The summed E-state index contributed by atoms with van der Waals surface area (Å²) in [5.41, 5.74) is 1.29. The van der Waals surface area contributed by atoms with Gasteiger partial charge in [0.15, 0.2) is 21.5 Å². The normalized spacial score (nSPS) is 11.8. The molecule has 11 heteroatoms. The van der Waals surface area contributed by atoms with Crippen LogP contribution in [0.15, 0.2) is 66.6 Å². The van der Waals surface area contributed by atoms with E-state index in [4.69, 9.17) is 13.6 Å². The molecule has 5 aromatic rings. The van der Waals surface area contributed by atoms with Crippen LogP contribution >= 0.6 is 11.5 Å². The van der Waals surface area contributed by atoms with Gasteiger partial charge >= 0.3 is 0 Å². The molecule has 0 aliphatic carbocycles. The minimum atomic E-state index is -4.22. The van der Waals surface area contributed by atoms with Gasteiger partial charge in [-0.1, -0.05) is 16.6 Å². The molecule has 5 rings (SSSR count). The Morgan fingerprint density at radius 3 is 2.59 bits per heavy atom. The number of fused-ring (bicyclic) bond motifs is 2. The second kappa shape index (κ2) is 7.46. The van der Waals surface area contributed by atoms with Crippen molar-refractivity contribution in [1.82, 2.24) is 9.59 Å². The van der Waals surface area contributed by atoms with E-state index < -0.39 is 15.5 Å². The largest absolute Gasteiger partial charge is 0.495 e. The van der Waals surface area contributed by atoms with Crippen molar-refractivity contribution in [3.8, 4) is 17.0 Å². The van der Waals surface area contributed by atoms with Gasteiger partial charge in [-0.25, -0.2) is 8.42 Å². The second-order valence-electron chi connectivity index (χ2n) is 6.92. The molecule has 0 saturated carbocycles. The fraction of sp³-hybridized carbons (Fsp3) is 0.0952. The number of nitrogens with one attached hydrogen (secondary N) is 1. The number of rotatable bonds is 5. The SMILES string of the molecule is COc1c2ccoc2c(S(=O)(=O)Nc2ccc(-c3csnn3)cc2)c2oc(C)cc(=O)c12. The zero-order chi connectivity index (χ0) is 22.5. The standard InChI is InChI=1S/C21H15N3O6S2/c1-11-9-16(25)17-18(28-2)14-7-8-29-19(14)21(20(17)30-11)32(26,27)23-13-5-3-12(4-6-13)15-10-31-24-22-15/h3-10,23H,1-2H3. The zero-order valence-electron chi connectivity index (χ0n) is 16.8. The smallest absolute Gasteiger partial charge is 0.269 e. The number of anilines is 1. The van der Waals surface area contributed by atoms with Crippen LogP contribution in [0.4, 0.5) is 5.69 Å². The van der Waals surface area contributed by atoms with Gasteiger partial charge in [-0.15, -0.1) is 5.10 Å². The van der Waals surface area contributed by atoms with Crippen LogP contribution in [0.5, 0.6) is 5.75 Å². The van der Waals surface area contributed by atoms with Crippen LogP contribution in [0.1, 0.15) is 5.76 Å². The lowest BCUT2D eigenvalue weighted by Gasteiger charge is -2.13. The summed E-state index contributed by atoms with van der Waals surface area (Å²) in [6, 6.07) is 9.51. The Balaban J connectivity index is 1.69. The summed E-state index contributed by atoms with van der Waals surface area (Å²) >= 11 is 1.22. The third kappa shape index (κ3) is 3.22. The fourth-order valence-electron chi connectivity index (χ4n) is 3.55. The summed E-state index contributed by atoms with van der Waals surface area (Å²) < 4.78 is 49.9. The van der Waals surface area contributed by atoms with Crippen molar-refractivity contribution in [3.05, 3.63) is 64.0 Å². The molecule has 3 heterocycles. The van der Waals surface area contributed by atoms with Crippen LogP contribution in [0.25, 0.3) is 33.2 Å². The average Bonchev–Trinajstić information content (AvgIpc) is 3.44. The van der Waals surface area contributed by atoms with Crippen LogP contribution < -0.4 is 14.9 Å². The Bertz CT molecular complexity index is 1620. The summed E-state index contributed by atoms with van der Waals surface area (Å²) in [6.45, 7) is 1.57. The monoisotopic (exact) mass is 469 g/mol. The predicted octanol–water partition coefficient (Wildman–Crippen LogP) is 4.18. The fourth-order valence-corrected chi connectivity index (χ4v) is 5.35. The maximum absolute atomic E-state index is 13.5. The highest BCUT2D eigenvalue weighted by atomic mass is 32.2. The van der Waals surface area contributed by atoms with Crippen LogP contribution in [-0.2, 0) is 10.0 Å². The van der Waals surface area contributed by atoms with E-state index in [1.54, 1.807) is 42.6 Å². The second-order valence-corrected chi connectivity index (χ2v) is 9.15. The first kappa shape index (κ1) is 20.2. The van der Waals surface area contributed by atoms with E-state index in [-0.39, 0.29) is 33.0 Å². The molecule has 0 fully saturated rings. The first-order valence-electron chi connectivity index (χ1n) is 9.31.